The summed E-state index contributed by atoms with van der Waals surface area (Å²) in [6, 6.07) is 41.8. The van der Waals surface area contributed by atoms with Gasteiger partial charge in [-0.3, -0.25) is 0 Å². The van der Waals surface area contributed by atoms with Crippen molar-refractivity contribution >= 4 is 8.32 Å². The minimum Gasteiger partial charge on any atom is -0.408 e. The monoisotopic (exact) mass is 662 g/mol. The number of benzene rings is 4. The van der Waals surface area contributed by atoms with Crippen molar-refractivity contribution in [1.82, 2.24) is 0 Å². The molecule has 0 aliphatic carbocycles. The summed E-state index contributed by atoms with van der Waals surface area (Å²) in [7, 11) is -2.31. The topological polar surface area (TPSA) is 46.2 Å². The van der Waals surface area contributed by atoms with Crippen molar-refractivity contribution in [3.8, 4) is 0 Å². The summed E-state index contributed by atoms with van der Waals surface area (Å²) in [4.78, 5) is 0. The second kappa shape index (κ2) is 15.0. The van der Waals surface area contributed by atoms with Gasteiger partial charge in [-0.15, -0.1) is 0 Å². The Balaban J connectivity index is 1.42. The predicted octanol–water partition coefficient (Wildman–Crippen LogP) is 9.08. The minimum atomic E-state index is -2.31. The largest absolute Gasteiger partial charge is 0.408 e. The second-order valence-electron chi connectivity index (χ2n) is 14.4. The standard InChI is InChI=1S/C42H50O5Si/c1-41(2,3)48(4,5)47-39-37(46-36-28-18-19-29-43-38(36)40(39)44-30-32-20-10-6-11-21-32)31-45-42(33-22-12-7-13-23-33,34-24-14-8-15-25-34)35-26-16-9-17-27-35/h6-27,36-40H,28-31H2,1-5H3/t36-,37+,38-,39+,40+/m0/s1. The lowest BCUT2D eigenvalue weighted by molar-refractivity contribution is -0.253. The third-order valence-corrected chi connectivity index (χ3v) is 14.7. The molecule has 4 aromatic carbocycles. The summed E-state index contributed by atoms with van der Waals surface area (Å²) >= 11 is 0. The molecule has 5 nitrogen and oxygen atoms in total. The molecule has 2 heterocycles. The molecule has 0 N–H and O–H groups in total. The van der Waals surface area contributed by atoms with Gasteiger partial charge in [0.05, 0.1) is 25.9 Å². The second-order valence-corrected chi connectivity index (χ2v) is 19.2. The van der Waals surface area contributed by atoms with E-state index < -0.39 is 26.1 Å². The fourth-order valence-corrected chi connectivity index (χ4v) is 7.89. The SMILES string of the molecule is CC(C)(C)[Si](C)(C)O[C@H]1[C@H](OCc2ccccc2)[C@H]2OCC=CC[C@@H]2O[C@@H]1COC(c1ccccc1)(c1ccccc1)c1ccccc1. The van der Waals surface area contributed by atoms with E-state index in [1.807, 2.05) is 36.4 Å². The maximum absolute atomic E-state index is 7.38. The zero-order chi connectivity index (χ0) is 33.6. The fraction of sp³-hybridized carbons (Fsp3) is 0.381. The minimum absolute atomic E-state index is 0.0209. The molecule has 6 rings (SSSR count). The van der Waals surface area contributed by atoms with E-state index in [1.54, 1.807) is 0 Å². The summed E-state index contributed by atoms with van der Waals surface area (Å²) < 4.78 is 35.1. The third-order valence-electron chi connectivity index (χ3n) is 10.2. The fourth-order valence-electron chi connectivity index (χ4n) is 6.57. The Labute approximate surface area is 288 Å². The molecular formula is C42H50O5Si. The van der Waals surface area contributed by atoms with E-state index in [4.69, 9.17) is 23.4 Å². The van der Waals surface area contributed by atoms with Crippen molar-refractivity contribution in [2.75, 3.05) is 13.2 Å². The first-order chi connectivity index (χ1) is 23.2. The molecule has 0 spiro atoms. The van der Waals surface area contributed by atoms with E-state index in [0.717, 1.165) is 28.7 Å². The lowest BCUT2D eigenvalue weighted by Gasteiger charge is -2.50. The van der Waals surface area contributed by atoms with Crippen molar-refractivity contribution in [2.24, 2.45) is 0 Å². The van der Waals surface area contributed by atoms with Crippen molar-refractivity contribution in [3.05, 3.63) is 156 Å². The van der Waals surface area contributed by atoms with Gasteiger partial charge in [-0.25, -0.2) is 0 Å². The van der Waals surface area contributed by atoms with E-state index >= 15 is 0 Å². The van der Waals surface area contributed by atoms with Gasteiger partial charge in [0.2, 0.25) is 0 Å². The van der Waals surface area contributed by atoms with Crippen LogP contribution in [0.1, 0.15) is 49.4 Å². The van der Waals surface area contributed by atoms with E-state index in [-0.39, 0.29) is 30.0 Å². The predicted molar refractivity (Wildman–Crippen MR) is 194 cm³/mol. The molecule has 1 fully saturated rings. The van der Waals surface area contributed by atoms with E-state index in [9.17, 15) is 0 Å². The van der Waals surface area contributed by atoms with Gasteiger partial charge >= 0.3 is 0 Å². The Kier molecular flexibility index (Phi) is 10.8. The van der Waals surface area contributed by atoms with Crippen LogP contribution in [0.25, 0.3) is 0 Å². The maximum atomic E-state index is 7.38. The van der Waals surface area contributed by atoms with Crippen LogP contribution in [0.4, 0.5) is 0 Å². The van der Waals surface area contributed by atoms with Gasteiger partial charge in [0.25, 0.3) is 0 Å². The molecule has 5 atom stereocenters. The molecule has 0 radical (unpaired) electrons. The number of ether oxygens (including phenoxy) is 4. The van der Waals surface area contributed by atoms with Gasteiger partial charge in [-0.2, -0.15) is 0 Å². The van der Waals surface area contributed by atoms with Crippen LogP contribution in [0, 0.1) is 0 Å². The summed E-state index contributed by atoms with van der Waals surface area (Å²) in [6.45, 7) is 12.7. The van der Waals surface area contributed by atoms with E-state index in [0.29, 0.717) is 13.2 Å². The van der Waals surface area contributed by atoms with Crippen molar-refractivity contribution in [1.29, 1.82) is 0 Å². The third kappa shape index (κ3) is 7.45. The molecule has 2 aliphatic rings. The molecule has 48 heavy (non-hydrogen) atoms. The van der Waals surface area contributed by atoms with E-state index in [2.05, 4.69) is 131 Å². The van der Waals surface area contributed by atoms with Gasteiger partial charge in [0.15, 0.2) is 8.32 Å². The Morgan fingerprint density at radius 1 is 0.688 bits per heavy atom. The van der Waals surface area contributed by atoms with Crippen LogP contribution in [0.5, 0.6) is 0 Å². The molecule has 252 valence electrons. The lowest BCUT2D eigenvalue weighted by atomic mass is 9.80. The Morgan fingerprint density at radius 3 is 1.73 bits per heavy atom. The number of fused-ring (bicyclic) bond motifs is 1. The average molecular weight is 663 g/mol. The highest BCUT2D eigenvalue weighted by molar-refractivity contribution is 6.74. The molecular weight excluding hydrogens is 613 g/mol. The van der Waals surface area contributed by atoms with Crippen molar-refractivity contribution in [2.45, 2.75) is 88.1 Å². The molecule has 0 aromatic heterocycles. The summed E-state index contributed by atoms with van der Waals surface area (Å²) in [5.41, 5.74) is 3.38. The number of hydrogen-bond donors (Lipinski definition) is 0. The van der Waals surface area contributed by atoms with Crippen LogP contribution in [0.2, 0.25) is 18.1 Å². The van der Waals surface area contributed by atoms with E-state index in [1.165, 1.54) is 0 Å². The molecule has 4 aromatic rings. The summed E-state index contributed by atoms with van der Waals surface area (Å²) in [6.07, 6.45) is 3.32. The lowest BCUT2D eigenvalue weighted by Crippen LogP contribution is -2.64. The highest BCUT2D eigenvalue weighted by Crippen LogP contribution is 2.44. The first-order valence-electron chi connectivity index (χ1n) is 17.2. The quantitative estimate of drug-likeness (QED) is 0.0911. The van der Waals surface area contributed by atoms with Crippen LogP contribution < -0.4 is 0 Å². The van der Waals surface area contributed by atoms with Crippen LogP contribution in [0.15, 0.2) is 133 Å². The first-order valence-corrected chi connectivity index (χ1v) is 20.2. The molecule has 0 bridgehead atoms. The zero-order valence-corrected chi connectivity index (χ0v) is 30.0. The Morgan fingerprint density at radius 2 is 1.21 bits per heavy atom. The molecule has 6 heteroatoms. The molecule has 1 saturated heterocycles. The molecule has 2 aliphatic heterocycles. The normalized spacial score (nSPS) is 23.3. The van der Waals surface area contributed by atoms with Crippen molar-refractivity contribution in [3.63, 3.8) is 0 Å². The molecule has 0 unspecified atom stereocenters. The zero-order valence-electron chi connectivity index (χ0n) is 29.0. The summed E-state index contributed by atoms with van der Waals surface area (Å²) in [5, 5.41) is -0.0209. The van der Waals surface area contributed by atoms with Gasteiger partial charge in [-0.1, -0.05) is 154 Å². The van der Waals surface area contributed by atoms with Crippen LogP contribution >= 0.6 is 0 Å². The Bertz CT molecular complexity index is 1490. The van der Waals surface area contributed by atoms with Crippen LogP contribution in [-0.4, -0.2) is 52.1 Å². The highest BCUT2D eigenvalue weighted by atomic mass is 28.4. The van der Waals surface area contributed by atoms with Gasteiger partial charge in [-0.05, 0) is 46.8 Å². The summed E-state index contributed by atoms with van der Waals surface area (Å²) in [5.74, 6) is 0. The average Bonchev–Trinajstić information content (AvgIpc) is 3.35. The molecule has 0 amide bonds. The maximum Gasteiger partial charge on any atom is 0.192 e. The molecule has 0 saturated carbocycles. The van der Waals surface area contributed by atoms with Gasteiger partial charge in [0, 0.05) is 0 Å². The van der Waals surface area contributed by atoms with Crippen LogP contribution in [0.3, 0.4) is 0 Å². The number of rotatable bonds is 11. The highest BCUT2D eigenvalue weighted by Gasteiger charge is 2.52. The number of hydrogen-bond acceptors (Lipinski definition) is 5. The van der Waals surface area contributed by atoms with Gasteiger partial charge in [0.1, 0.15) is 30.0 Å². The van der Waals surface area contributed by atoms with Crippen LogP contribution in [-0.2, 0) is 35.6 Å². The van der Waals surface area contributed by atoms with Gasteiger partial charge < -0.3 is 23.4 Å². The smallest absolute Gasteiger partial charge is 0.192 e. The first kappa shape index (κ1) is 34.5. The Hall–Kier alpha value is -3.36. The van der Waals surface area contributed by atoms with Crippen molar-refractivity contribution < 1.29 is 23.4 Å².